The van der Waals surface area contributed by atoms with Crippen LogP contribution in [0.25, 0.3) is 0 Å². The maximum Gasteiger partial charge on any atom is 0.249 e. The Morgan fingerprint density at radius 3 is 1.47 bits per heavy atom. The van der Waals surface area contributed by atoms with Gasteiger partial charge in [-0.15, -0.1) is 0 Å². The maximum atomic E-state index is 12.4. The minimum absolute atomic E-state index is 0.363. The van der Waals surface area contributed by atoms with Gasteiger partial charge < -0.3 is 25.7 Å². The molecule has 0 rings (SSSR count). The lowest BCUT2D eigenvalue weighted by Gasteiger charge is -2.27. The second kappa shape index (κ2) is 32.2. The molecule has 0 aliphatic carbocycles. The van der Waals surface area contributed by atoms with Gasteiger partial charge in [-0.25, -0.2) is 0 Å². The summed E-state index contributed by atoms with van der Waals surface area (Å²) < 4.78 is 0. The van der Waals surface area contributed by atoms with E-state index in [1.165, 1.54) is 96.3 Å². The number of allylic oxidation sites excluding steroid dienone is 4. The van der Waals surface area contributed by atoms with E-state index in [9.17, 15) is 25.2 Å². The highest BCUT2D eigenvalue weighted by molar-refractivity contribution is 5.80. The van der Waals surface area contributed by atoms with Crippen molar-refractivity contribution < 1.29 is 25.2 Å². The van der Waals surface area contributed by atoms with Crippen LogP contribution < -0.4 is 5.32 Å². The summed E-state index contributed by atoms with van der Waals surface area (Å²) in [6, 6.07) is -1.00. The molecule has 43 heavy (non-hydrogen) atoms. The quantitative estimate of drug-likeness (QED) is 0.0388. The molecule has 0 fully saturated rings. The number of rotatable bonds is 32. The van der Waals surface area contributed by atoms with Crippen LogP contribution in [-0.2, 0) is 4.79 Å². The van der Waals surface area contributed by atoms with E-state index in [1.807, 2.05) is 0 Å². The molecular formula is C37H71NO5. The third-order valence-electron chi connectivity index (χ3n) is 8.39. The molecule has 0 aliphatic heterocycles. The van der Waals surface area contributed by atoms with Crippen molar-refractivity contribution in [3.05, 3.63) is 24.3 Å². The summed E-state index contributed by atoms with van der Waals surface area (Å²) in [5.74, 6) is -0.599. The van der Waals surface area contributed by atoms with Crippen molar-refractivity contribution in [3.63, 3.8) is 0 Å². The molecule has 0 radical (unpaired) electrons. The fraction of sp³-hybridized carbons (Fsp3) is 0.865. The number of unbranched alkanes of at least 4 members (excludes halogenated alkanes) is 19. The zero-order valence-corrected chi connectivity index (χ0v) is 28.2. The van der Waals surface area contributed by atoms with Gasteiger partial charge in [0.1, 0.15) is 12.2 Å². The fourth-order valence-electron chi connectivity index (χ4n) is 5.42. The number of amides is 1. The molecule has 0 bridgehead atoms. The minimum atomic E-state index is -1.28. The third kappa shape index (κ3) is 26.9. The molecule has 0 aromatic heterocycles. The molecule has 6 heteroatoms. The van der Waals surface area contributed by atoms with Gasteiger partial charge in [0.25, 0.3) is 0 Å². The van der Waals surface area contributed by atoms with Crippen molar-refractivity contribution in [1.29, 1.82) is 0 Å². The Bertz CT molecular complexity index is 653. The Hall–Kier alpha value is -1.21. The molecule has 0 saturated heterocycles. The SMILES string of the molecule is CCCCC/C=C/CC/C=C/CCCC(O)C(O)C(CO)NC(=O)C(O)CCCCCCCCCCCCCCCCC. The van der Waals surface area contributed by atoms with Crippen LogP contribution in [0.1, 0.15) is 174 Å². The first-order valence-corrected chi connectivity index (χ1v) is 18.2. The van der Waals surface area contributed by atoms with Crippen LogP contribution in [0.4, 0.5) is 0 Å². The number of carbonyl (C=O) groups excluding carboxylic acids is 1. The van der Waals surface area contributed by atoms with Crippen LogP contribution in [0.3, 0.4) is 0 Å². The second-order valence-electron chi connectivity index (χ2n) is 12.6. The Kier molecular flexibility index (Phi) is 31.3. The highest BCUT2D eigenvalue weighted by Gasteiger charge is 2.28. The van der Waals surface area contributed by atoms with E-state index in [0.717, 1.165) is 44.9 Å². The molecule has 4 atom stereocenters. The monoisotopic (exact) mass is 610 g/mol. The van der Waals surface area contributed by atoms with Gasteiger partial charge in [0.2, 0.25) is 5.91 Å². The first kappa shape index (κ1) is 41.8. The van der Waals surface area contributed by atoms with Gasteiger partial charge >= 0.3 is 0 Å². The zero-order valence-electron chi connectivity index (χ0n) is 28.2. The van der Waals surface area contributed by atoms with Gasteiger partial charge in [-0.3, -0.25) is 4.79 Å². The van der Waals surface area contributed by atoms with Crippen LogP contribution in [0.5, 0.6) is 0 Å². The molecule has 5 N–H and O–H groups in total. The number of nitrogens with one attached hydrogen (secondary N) is 1. The van der Waals surface area contributed by atoms with Crippen molar-refractivity contribution in [2.75, 3.05) is 6.61 Å². The standard InChI is InChI=1S/C37H71NO5/c1-3-5-7-9-11-13-15-17-18-19-21-23-25-27-29-31-35(41)37(43)38-33(32-39)36(42)34(40)30-28-26-24-22-20-16-14-12-10-8-6-4-2/h12,14,22,24,33-36,39-42H,3-11,13,15-21,23,25-32H2,1-2H3,(H,38,43)/b14-12+,24-22+. The Morgan fingerprint density at radius 1 is 0.558 bits per heavy atom. The van der Waals surface area contributed by atoms with Gasteiger partial charge in [-0.05, 0) is 51.4 Å². The molecule has 0 heterocycles. The van der Waals surface area contributed by atoms with Crippen LogP contribution in [0, 0.1) is 0 Å². The van der Waals surface area contributed by atoms with E-state index in [2.05, 4.69) is 43.5 Å². The van der Waals surface area contributed by atoms with E-state index in [-0.39, 0.29) is 0 Å². The average Bonchev–Trinajstić information content (AvgIpc) is 3.01. The lowest BCUT2D eigenvalue weighted by molar-refractivity contribution is -0.132. The number of hydrogen-bond acceptors (Lipinski definition) is 5. The minimum Gasteiger partial charge on any atom is -0.394 e. The van der Waals surface area contributed by atoms with Crippen molar-refractivity contribution in [1.82, 2.24) is 5.32 Å². The Balaban J connectivity index is 3.87. The van der Waals surface area contributed by atoms with Crippen LogP contribution in [0.2, 0.25) is 0 Å². The molecule has 254 valence electrons. The van der Waals surface area contributed by atoms with E-state index >= 15 is 0 Å². The molecule has 0 saturated carbocycles. The molecule has 1 amide bonds. The predicted octanol–water partition coefficient (Wildman–Crippen LogP) is 8.45. The van der Waals surface area contributed by atoms with Gasteiger partial charge in [0.05, 0.1) is 18.8 Å². The molecule has 4 unspecified atom stereocenters. The molecule has 0 aromatic rings. The van der Waals surface area contributed by atoms with Crippen LogP contribution in [-0.4, -0.2) is 57.3 Å². The maximum absolute atomic E-state index is 12.4. The van der Waals surface area contributed by atoms with Gasteiger partial charge in [0.15, 0.2) is 0 Å². The first-order valence-electron chi connectivity index (χ1n) is 18.2. The summed E-state index contributed by atoms with van der Waals surface area (Å²) in [7, 11) is 0. The van der Waals surface area contributed by atoms with Crippen molar-refractivity contribution >= 4 is 5.91 Å². The summed E-state index contributed by atoms with van der Waals surface area (Å²) in [6.07, 6.45) is 33.4. The predicted molar refractivity (Wildman–Crippen MR) is 182 cm³/mol. The lowest BCUT2D eigenvalue weighted by atomic mass is 10.00. The van der Waals surface area contributed by atoms with E-state index < -0.39 is 36.9 Å². The molecule has 0 aliphatic rings. The van der Waals surface area contributed by atoms with Crippen LogP contribution in [0.15, 0.2) is 24.3 Å². The summed E-state index contributed by atoms with van der Waals surface area (Å²) >= 11 is 0. The van der Waals surface area contributed by atoms with Crippen molar-refractivity contribution in [2.24, 2.45) is 0 Å². The topological polar surface area (TPSA) is 110 Å². The summed E-state index contributed by atoms with van der Waals surface area (Å²) in [6.45, 7) is 3.98. The second-order valence-corrected chi connectivity index (χ2v) is 12.6. The number of hydrogen-bond donors (Lipinski definition) is 5. The summed E-state index contributed by atoms with van der Waals surface area (Å²) in [5.41, 5.74) is 0. The Morgan fingerprint density at radius 2 is 0.977 bits per heavy atom. The zero-order chi connectivity index (χ0) is 31.8. The van der Waals surface area contributed by atoms with Gasteiger partial charge in [-0.1, -0.05) is 147 Å². The van der Waals surface area contributed by atoms with E-state index in [0.29, 0.717) is 19.3 Å². The van der Waals surface area contributed by atoms with E-state index in [4.69, 9.17) is 0 Å². The smallest absolute Gasteiger partial charge is 0.249 e. The fourth-order valence-corrected chi connectivity index (χ4v) is 5.42. The number of carbonyl (C=O) groups is 1. The largest absolute Gasteiger partial charge is 0.394 e. The first-order chi connectivity index (χ1) is 21.0. The van der Waals surface area contributed by atoms with Gasteiger partial charge in [0, 0.05) is 0 Å². The molecular weight excluding hydrogens is 538 g/mol. The third-order valence-corrected chi connectivity index (χ3v) is 8.39. The molecule has 0 aromatic carbocycles. The van der Waals surface area contributed by atoms with Crippen molar-refractivity contribution in [3.8, 4) is 0 Å². The van der Waals surface area contributed by atoms with Gasteiger partial charge in [-0.2, -0.15) is 0 Å². The molecule has 0 spiro atoms. The van der Waals surface area contributed by atoms with Crippen LogP contribution >= 0.6 is 0 Å². The van der Waals surface area contributed by atoms with E-state index in [1.54, 1.807) is 0 Å². The average molecular weight is 610 g/mol. The lowest BCUT2D eigenvalue weighted by Crippen LogP contribution is -2.53. The normalized spacial score (nSPS) is 14.8. The van der Waals surface area contributed by atoms with Crippen molar-refractivity contribution in [2.45, 2.75) is 199 Å². The highest BCUT2D eigenvalue weighted by atomic mass is 16.3. The summed E-state index contributed by atoms with van der Waals surface area (Å²) in [4.78, 5) is 12.4. The Labute approximate surface area is 265 Å². The highest BCUT2D eigenvalue weighted by Crippen LogP contribution is 2.15. The molecule has 6 nitrogen and oxygen atoms in total. The number of aliphatic hydroxyl groups is 4. The number of aliphatic hydroxyl groups excluding tert-OH is 4. The summed E-state index contributed by atoms with van der Waals surface area (Å²) in [5, 5.41) is 43.3.